The molecule has 9 nitrogen and oxygen atoms in total. The van der Waals surface area contributed by atoms with Crippen LogP contribution in [-0.4, -0.2) is 24.4 Å². The summed E-state index contributed by atoms with van der Waals surface area (Å²) in [6.45, 7) is 0. The number of aromatic nitrogens is 4. The van der Waals surface area contributed by atoms with Crippen molar-refractivity contribution in [2.45, 2.75) is 31.7 Å². The summed E-state index contributed by atoms with van der Waals surface area (Å²) in [5.41, 5.74) is -1.11. The number of imidazole rings is 1. The number of fused-ring (bicyclic) bond motifs is 1. The number of nitrogens with zero attached hydrogens (tertiary/aromatic N) is 3. The Hall–Kier alpha value is -2.45. The monoisotopic (exact) mass is 291 g/mol. The highest BCUT2D eigenvalue weighted by atomic mass is 16.6. The molecule has 0 aromatic carbocycles. The van der Waals surface area contributed by atoms with Crippen LogP contribution < -0.4 is 11.2 Å². The molecule has 0 amide bonds. The summed E-state index contributed by atoms with van der Waals surface area (Å²) < 4.78 is 1.45. The van der Waals surface area contributed by atoms with Crippen molar-refractivity contribution in [3.8, 4) is 0 Å². The summed E-state index contributed by atoms with van der Waals surface area (Å²) in [4.78, 5) is 42.7. The Kier molecular flexibility index (Phi) is 2.36. The van der Waals surface area contributed by atoms with Gasteiger partial charge in [0.2, 0.25) is 5.52 Å². The molecule has 2 heterocycles. The van der Waals surface area contributed by atoms with Crippen LogP contribution in [0.1, 0.15) is 31.7 Å². The first-order chi connectivity index (χ1) is 10.1. The maximum Gasteiger partial charge on any atom is 0.435 e. The van der Waals surface area contributed by atoms with Gasteiger partial charge in [-0.15, -0.1) is 0 Å². The Morgan fingerprint density at radius 2 is 1.81 bits per heavy atom. The van der Waals surface area contributed by atoms with Crippen LogP contribution in [0.4, 0.5) is 5.95 Å². The highest BCUT2D eigenvalue weighted by molar-refractivity contribution is 5.71. The molecule has 0 atom stereocenters. The molecule has 0 saturated heterocycles. The molecule has 2 N–H and O–H groups in total. The SMILES string of the molecule is O=c1[nH]c(=O)n(C(C2CC2)C2CC2)c2nc([N+](=O)[O-])[nH]c12. The van der Waals surface area contributed by atoms with Crippen LogP contribution in [-0.2, 0) is 0 Å². The second kappa shape index (κ2) is 4.03. The molecule has 2 saturated carbocycles. The van der Waals surface area contributed by atoms with Crippen molar-refractivity contribution in [3.05, 3.63) is 31.0 Å². The van der Waals surface area contributed by atoms with E-state index in [9.17, 15) is 19.7 Å². The maximum absolute atomic E-state index is 12.2. The first-order valence-electron chi connectivity index (χ1n) is 6.95. The van der Waals surface area contributed by atoms with Crippen molar-refractivity contribution >= 4 is 17.1 Å². The van der Waals surface area contributed by atoms with Gasteiger partial charge in [-0.3, -0.25) is 14.3 Å². The van der Waals surface area contributed by atoms with E-state index < -0.39 is 22.1 Å². The lowest BCUT2D eigenvalue weighted by Crippen LogP contribution is -2.34. The van der Waals surface area contributed by atoms with Crippen LogP contribution in [0.15, 0.2) is 9.59 Å². The van der Waals surface area contributed by atoms with Crippen molar-refractivity contribution in [3.63, 3.8) is 0 Å². The summed E-state index contributed by atoms with van der Waals surface area (Å²) in [6, 6.07) is -0.0141. The van der Waals surface area contributed by atoms with Gasteiger partial charge in [-0.05, 0) is 47.4 Å². The van der Waals surface area contributed by atoms with Gasteiger partial charge in [0.1, 0.15) is 0 Å². The fourth-order valence-corrected chi connectivity index (χ4v) is 3.05. The van der Waals surface area contributed by atoms with Crippen LogP contribution in [0.25, 0.3) is 11.2 Å². The summed E-state index contributed by atoms with van der Waals surface area (Å²) in [5.74, 6) is 0.292. The minimum absolute atomic E-state index is 0.00685. The molecule has 9 heteroatoms. The van der Waals surface area contributed by atoms with Gasteiger partial charge in [-0.2, -0.15) is 0 Å². The molecule has 110 valence electrons. The summed E-state index contributed by atoms with van der Waals surface area (Å²) in [7, 11) is 0. The lowest BCUT2D eigenvalue weighted by Gasteiger charge is -2.17. The molecular weight excluding hydrogens is 278 g/mol. The van der Waals surface area contributed by atoms with Crippen LogP contribution in [0.5, 0.6) is 0 Å². The van der Waals surface area contributed by atoms with E-state index in [1.165, 1.54) is 4.57 Å². The van der Waals surface area contributed by atoms with Crippen molar-refractivity contribution in [1.29, 1.82) is 0 Å². The standard InChI is InChI=1S/C12H13N5O4/c18-10-7-9(14-11(13-7)17(20)21)16(12(19)15-10)8(5-1-2-5)6-3-4-6/h5-6,8H,1-4H2,(H,13,14)(H,15,18,19). The van der Waals surface area contributed by atoms with Crippen molar-refractivity contribution in [2.75, 3.05) is 0 Å². The normalized spacial score (nSPS) is 18.5. The second-order valence-electron chi connectivity index (χ2n) is 5.81. The Morgan fingerprint density at radius 1 is 1.19 bits per heavy atom. The number of hydrogen-bond donors (Lipinski definition) is 2. The number of hydrogen-bond acceptors (Lipinski definition) is 5. The largest absolute Gasteiger partial charge is 0.435 e. The molecule has 21 heavy (non-hydrogen) atoms. The molecule has 2 aliphatic rings. The summed E-state index contributed by atoms with van der Waals surface area (Å²) in [6.07, 6.45) is 4.17. The Morgan fingerprint density at radius 3 is 2.33 bits per heavy atom. The van der Waals surface area contributed by atoms with Crippen LogP contribution >= 0.6 is 0 Å². The van der Waals surface area contributed by atoms with Gasteiger partial charge in [-0.1, -0.05) is 0 Å². The predicted octanol–water partition coefficient (Wildman–Crippen LogP) is 0.682. The van der Waals surface area contributed by atoms with Gasteiger partial charge in [0.25, 0.3) is 11.2 Å². The first-order valence-corrected chi connectivity index (χ1v) is 6.95. The predicted molar refractivity (Wildman–Crippen MR) is 72.1 cm³/mol. The molecule has 2 aromatic heterocycles. The maximum atomic E-state index is 12.2. The highest BCUT2D eigenvalue weighted by Gasteiger charge is 2.44. The van der Waals surface area contributed by atoms with Crippen LogP contribution in [0.3, 0.4) is 0 Å². The topological polar surface area (TPSA) is 127 Å². The minimum Gasteiger partial charge on any atom is -0.390 e. The number of H-pyrrole nitrogens is 2. The van der Waals surface area contributed by atoms with Gasteiger partial charge in [0, 0.05) is 6.04 Å². The molecule has 2 aromatic rings. The fraction of sp³-hybridized carbons (Fsp3) is 0.583. The zero-order valence-electron chi connectivity index (χ0n) is 11.0. The second-order valence-corrected chi connectivity index (χ2v) is 5.81. The number of nitrogens with one attached hydrogen (secondary N) is 2. The van der Waals surface area contributed by atoms with Crippen molar-refractivity contribution in [1.82, 2.24) is 19.5 Å². The van der Waals surface area contributed by atoms with Gasteiger partial charge >= 0.3 is 11.6 Å². The van der Waals surface area contributed by atoms with Gasteiger partial charge in [0.15, 0.2) is 0 Å². The van der Waals surface area contributed by atoms with E-state index in [-0.39, 0.29) is 17.2 Å². The Labute approximate surface area is 117 Å². The molecule has 2 aliphatic carbocycles. The molecule has 0 spiro atoms. The smallest absolute Gasteiger partial charge is 0.390 e. The molecule has 2 fully saturated rings. The summed E-state index contributed by atoms with van der Waals surface area (Å²) in [5, 5.41) is 10.9. The molecular formula is C12H13N5O4. The third-order valence-electron chi connectivity index (χ3n) is 4.25. The van der Waals surface area contributed by atoms with Crippen molar-refractivity contribution in [2.24, 2.45) is 11.8 Å². The summed E-state index contributed by atoms with van der Waals surface area (Å²) >= 11 is 0. The highest BCUT2D eigenvalue weighted by Crippen LogP contribution is 2.51. The Bertz CT molecular complexity index is 843. The molecule has 4 rings (SSSR count). The van der Waals surface area contributed by atoms with Crippen LogP contribution in [0, 0.1) is 22.0 Å². The van der Waals surface area contributed by atoms with Crippen molar-refractivity contribution < 1.29 is 4.92 Å². The van der Waals surface area contributed by atoms with Crippen LogP contribution in [0.2, 0.25) is 0 Å². The number of nitro groups is 1. The van der Waals surface area contributed by atoms with E-state index in [1.807, 2.05) is 0 Å². The average molecular weight is 291 g/mol. The van der Waals surface area contributed by atoms with Gasteiger partial charge < -0.3 is 10.1 Å². The van der Waals surface area contributed by atoms with E-state index >= 15 is 0 Å². The van der Waals surface area contributed by atoms with E-state index in [1.54, 1.807) is 0 Å². The number of aromatic amines is 2. The third kappa shape index (κ3) is 1.88. The zero-order chi connectivity index (χ0) is 14.7. The van der Waals surface area contributed by atoms with E-state index in [0.29, 0.717) is 11.8 Å². The van der Waals surface area contributed by atoms with Gasteiger partial charge in [-0.25, -0.2) is 9.78 Å². The molecule has 0 radical (unpaired) electrons. The van der Waals surface area contributed by atoms with E-state index in [4.69, 9.17) is 0 Å². The molecule has 0 unspecified atom stereocenters. The average Bonchev–Trinajstić information content (AvgIpc) is 3.33. The quantitative estimate of drug-likeness (QED) is 0.632. The van der Waals surface area contributed by atoms with E-state index in [0.717, 1.165) is 25.7 Å². The molecule has 0 aliphatic heterocycles. The zero-order valence-corrected chi connectivity index (χ0v) is 11.0. The molecule has 0 bridgehead atoms. The lowest BCUT2D eigenvalue weighted by molar-refractivity contribution is -0.393. The minimum atomic E-state index is -0.697. The van der Waals surface area contributed by atoms with E-state index in [2.05, 4.69) is 15.0 Å². The third-order valence-corrected chi connectivity index (χ3v) is 4.25. The lowest BCUT2D eigenvalue weighted by atomic mass is 10.1. The number of rotatable bonds is 4. The fourth-order valence-electron chi connectivity index (χ4n) is 3.05. The first kappa shape index (κ1) is 12.3. The Balaban J connectivity index is 2.00. The van der Waals surface area contributed by atoms with Gasteiger partial charge in [0.05, 0.1) is 0 Å².